The Morgan fingerprint density at radius 1 is 1.27 bits per heavy atom. The monoisotopic (exact) mass is 424 g/mol. The van der Waals surface area contributed by atoms with Crippen molar-refractivity contribution in [2.45, 2.75) is 43.2 Å². The Kier molecular flexibility index (Phi) is 5.22. The van der Waals surface area contributed by atoms with E-state index < -0.39 is 29.6 Å². The fourth-order valence-electron chi connectivity index (χ4n) is 3.69. The van der Waals surface area contributed by atoms with Crippen LogP contribution in [0.1, 0.15) is 37.2 Å². The molecule has 1 aliphatic carbocycles. The maximum Gasteiger partial charge on any atom is 0.407 e. The third-order valence-electron chi connectivity index (χ3n) is 5.18. The second-order valence-electron chi connectivity index (χ2n) is 6.75. The molecule has 2 N–H and O–H groups in total. The van der Waals surface area contributed by atoms with Crippen LogP contribution in [0.2, 0.25) is 0 Å². The van der Waals surface area contributed by atoms with Crippen LogP contribution in [0.3, 0.4) is 0 Å². The lowest BCUT2D eigenvalue weighted by Crippen LogP contribution is -2.56. The first-order valence-corrected chi connectivity index (χ1v) is 9.34. The van der Waals surface area contributed by atoms with Crippen molar-refractivity contribution in [1.82, 2.24) is 10.2 Å². The Morgan fingerprint density at radius 3 is 2.58 bits per heavy atom. The maximum absolute atomic E-state index is 12.8. The Hall–Kier alpha value is -2.09. The van der Waals surface area contributed by atoms with Crippen molar-refractivity contribution in [2.75, 3.05) is 13.7 Å². The van der Waals surface area contributed by atoms with Gasteiger partial charge in [-0.05, 0) is 43.4 Å². The topological polar surface area (TPSA) is 95.9 Å². The standard InChI is InChI=1S/C18H21BrN2O5/c1-26-16(23)18(10-13(18)11-5-7-12(19)8-6-11)20-15(22)14-4-2-3-9-21(14)17(24)25/h5-8,13-14H,2-4,9-10H2,1H3,(H,20,22)(H,24,25)/t13-,14?,18-/m1/s1. The van der Waals surface area contributed by atoms with Crippen LogP contribution in [-0.2, 0) is 14.3 Å². The van der Waals surface area contributed by atoms with Gasteiger partial charge in [-0.3, -0.25) is 9.69 Å². The van der Waals surface area contributed by atoms with Gasteiger partial charge in [-0.2, -0.15) is 0 Å². The number of ether oxygens (including phenoxy) is 1. The van der Waals surface area contributed by atoms with Gasteiger partial charge < -0.3 is 15.2 Å². The van der Waals surface area contributed by atoms with Crippen molar-refractivity contribution in [3.8, 4) is 0 Å². The molecule has 3 rings (SSSR count). The van der Waals surface area contributed by atoms with Gasteiger partial charge in [0.25, 0.3) is 0 Å². The fraction of sp³-hybridized carbons (Fsp3) is 0.500. The number of amides is 2. The highest BCUT2D eigenvalue weighted by atomic mass is 79.9. The summed E-state index contributed by atoms with van der Waals surface area (Å²) in [6, 6.07) is 6.79. The van der Waals surface area contributed by atoms with Crippen LogP contribution in [-0.4, -0.2) is 53.2 Å². The Labute approximate surface area is 159 Å². The molecule has 0 aromatic heterocycles. The molecule has 8 heteroatoms. The highest BCUT2D eigenvalue weighted by molar-refractivity contribution is 9.10. The third-order valence-corrected chi connectivity index (χ3v) is 5.71. The molecule has 2 amide bonds. The van der Waals surface area contributed by atoms with Crippen molar-refractivity contribution < 1.29 is 24.2 Å². The number of nitrogens with zero attached hydrogens (tertiary/aromatic N) is 1. The second kappa shape index (κ2) is 7.26. The summed E-state index contributed by atoms with van der Waals surface area (Å²) in [6.45, 7) is 0.328. The number of hydrogen-bond donors (Lipinski definition) is 2. The summed E-state index contributed by atoms with van der Waals surface area (Å²) in [6.07, 6.45) is 1.30. The average molecular weight is 425 g/mol. The highest BCUT2D eigenvalue weighted by Crippen LogP contribution is 2.52. The molecule has 26 heavy (non-hydrogen) atoms. The van der Waals surface area contributed by atoms with Crippen LogP contribution < -0.4 is 5.32 Å². The van der Waals surface area contributed by atoms with E-state index >= 15 is 0 Å². The van der Waals surface area contributed by atoms with E-state index in [1.807, 2.05) is 24.3 Å². The Bertz CT molecular complexity index is 723. The fourth-order valence-corrected chi connectivity index (χ4v) is 3.96. The van der Waals surface area contributed by atoms with Crippen molar-refractivity contribution in [2.24, 2.45) is 0 Å². The van der Waals surface area contributed by atoms with Crippen LogP contribution in [0.15, 0.2) is 28.7 Å². The van der Waals surface area contributed by atoms with Crippen molar-refractivity contribution in [3.05, 3.63) is 34.3 Å². The number of benzene rings is 1. The zero-order valence-corrected chi connectivity index (χ0v) is 16.0. The van der Waals surface area contributed by atoms with Gasteiger partial charge in [0.15, 0.2) is 0 Å². The molecular weight excluding hydrogens is 404 g/mol. The summed E-state index contributed by atoms with van der Waals surface area (Å²) in [5, 5.41) is 12.1. The molecule has 1 unspecified atom stereocenters. The number of rotatable bonds is 4. The summed E-state index contributed by atoms with van der Waals surface area (Å²) in [5.41, 5.74) is -0.195. The summed E-state index contributed by atoms with van der Waals surface area (Å²) < 4.78 is 5.85. The molecule has 1 aromatic carbocycles. The molecule has 2 fully saturated rings. The lowest BCUT2D eigenvalue weighted by molar-refractivity contribution is -0.147. The number of carbonyl (C=O) groups excluding carboxylic acids is 2. The number of likely N-dealkylation sites (tertiary alicyclic amines) is 1. The van der Waals surface area contributed by atoms with E-state index in [2.05, 4.69) is 21.2 Å². The summed E-state index contributed by atoms with van der Waals surface area (Å²) in [7, 11) is 1.29. The lowest BCUT2D eigenvalue weighted by atomic mass is 10.0. The molecule has 1 aromatic rings. The minimum Gasteiger partial charge on any atom is -0.467 e. The van der Waals surface area contributed by atoms with Crippen LogP contribution in [0.25, 0.3) is 0 Å². The minimum atomic E-state index is -1.12. The smallest absolute Gasteiger partial charge is 0.407 e. The largest absolute Gasteiger partial charge is 0.467 e. The molecule has 2 aliphatic rings. The first-order valence-electron chi connectivity index (χ1n) is 8.54. The van der Waals surface area contributed by atoms with Gasteiger partial charge in [-0.1, -0.05) is 28.1 Å². The second-order valence-corrected chi connectivity index (χ2v) is 7.66. The molecular formula is C18H21BrN2O5. The SMILES string of the molecule is COC(=O)[C@@]1(NC(=O)C2CCCCN2C(=O)O)C[C@@H]1c1ccc(Br)cc1. The molecule has 7 nitrogen and oxygen atoms in total. The van der Waals surface area contributed by atoms with Gasteiger partial charge in [-0.25, -0.2) is 9.59 Å². The van der Waals surface area contributed by atoms with Crippen molar-refractivity contribution in [3.63, 3.8) is 0 Å². The predicted molar refractivity (Wildman–Crippen MR) is 96.8 cm³/mol. The molecule has 0 spiro atoms. The maximum atomic E-state index is 12.8. The van der Waals surface area contributed by atoms with Crippen LogP contribution in [0, 0.1) is 0 Å². The zero-order chi connectivity index (χ0) is 18.9. The Balaban J connectivity index is 1.79. The number of halogens is 1. The minimum absolute atomic E-state index is 0.186. The number of piperidine rings is 1. The molecule has 0 radical (unpaired) electrons. The predicted octanol–water partition coefficient (Wildman–Crippen LogP) is 2.50. The number of methoxy groups -OCH3 is 1. The molecule has 1 saturated heterocycles. The summed E-state index contributed by atoms with van der Waals surface area (Å²) in [4.78, 5) is 37.8. The first kappa shape index (κ1) is 18.7. The highest BCUT2D eigenvalue weighted by Gasteiger charge is 2.63. The molecule has 140 valence electrons. The van der Waals surface area contributed by atoms with Crippen molar-refractivity contribution >= 4 is 33.9 Å². The van der Waals surface area contributed by atoms with Gasteiger partial charge in [0, 0.05) is 16.9 Å². The lowest BCUT2D eigenvalue weighted by Gasteiger charge is -2.33. The number of carbonyl (C=O) groups is 3. The van der Waals surface area contributed by atoms with E-state index in [1.54, 1.807) is 0 Å². The quantitative estimate of drug-likeness (QED) is 0.723. The summed E-state index contributed by atoms with van der Waals surface area (Å²) >= 11 is 3.38. The van der Waals surface area contributed by atoms with Gasteiger partial charge in [0.05, 0.1) is 7.11 Å². The van der Waals surface area contributed by atoms with E-state index in [9.17, 15) is 19.5 Å². The summed E-state index contributed by atoms with van der Waals surface area (Å²) in [5.74, 6) is -1.12. The molecule has 0 bridgehead atoms. The number of esters is 1. The number of hydrogen-bond acceptors (Lipinski definition) is 4. The normalized spacial score (nSPS) is 27.5. The van der Waals surface area contributed by atoms with Crippen LogP contribution in [0.4, 0.5) is 4.79 Å². The third kappa shape index (κ3) is 3.42. The van der Waals surface area contributed by atoms with Gasteiger partial charge in [0.1, 0.15) is 11.6 Å². The zero-order valence-electron chi connectivity index (χ0n) is 14.4. The molecule has 3 atom stereocenters. The van der Waals surface area contributed by atoms with E-state index in [-0.39, 0.29) is 5.92 Å². The molecule has 1 saturated carbocycles. The molecule has 1 heterocycles. The van der Waals surface area contributed by atoms with E-state index in [1.165, 1.54) is 7.11 Å². The van der Waals surface area contributed by atoms with Crippen LogP contribution >= 0.6 is 15.9 Å². The van der Waals surface area contributed by atoms with Gasteiger partial charge in [-0.15, -0.1) is 0 Å². The first-order chi connectivity index (χ1) is 12.4. The van der Waals surface area contributed by atoms with Crippen LogP contribution in [0.5, 0.6) is 0 Å². The van der Waals surface area contributed by atoms with E-state index in [0.717, 1.165) is 27.8 Å². The van der Waals surface area contributed by atoms with Gasteiger partial charge in [0.2, 0.25) is 5.91 Å². The Morgan fingerprint density at radius 2 is 1.96 bits per heavy atom. The molecule has 1 aliphatic heterocycles. The van der Waals surface area contributed by atoms with Crippen molar-refractivity contribution in [1.29, 1.82) is 0 Å². The van der Waals surface area contributed by atoms with Gasteiger partial charge >= 0.3 is 12.1 Å². The average Bonchev–Trinajstić information content (AvgIpc) is 3.36. The number of carboxylic acid groups (broad SMARTS) is 1. The number of nitrogens with one attached hydrogen (secondary N) is 1. The van der Waals surface area contributed by atoms with E-state index in [0.29, 0.717) is 19.4 Å². The van der Waals surface area contributed by atoms with E-state index in [4.69, 9.17) is 4.74 Å².